The molecule has 0 amide bonds. The number of nitro groups is 1. The summed E-state index contributed by atoms with van der Waals surface area (Å²) in [5, 5.41) is 10.5. The van der Waals surface area contributed by atoms with E-state index in [4.69, 9.17) is 0 Å². The Hall–Kier alpha value is -2.30. The Labute approximate surface area is 96.9 Å². The van der Waals surface area contributed by atoms with Crippen LogP contribution in [0.15, 0.2) is 36.5 Å². The molecule has 1 heterocycles. The zero-order chi connectivity index (χ0) is 12.4. The Morgan fingerprint density at radius 3 is 2.71 bits per heavy atom. The van der Waals surface area contributed by atoms with Crippen molar-refractivity contribution in [1.82, 2.24) is 4.98 Å². The van der Waals surface area contributed by atoms with Gasteiger partial charge in [-0.3, -0.25) is 15.1 Å². The molecule has 0 unspecified atom stereocenters. The summed E-state index contributed by atoms with van der Waals surface area (Å²) in [5.74, 6) is -0.837. The fraction of sp³-hybridized carbons (Fsp3) is 0.0833. The molecule has 0 saturated carbocycles. The van der Waals surface area contributed by atoms with Crippen LogP contribution in [0, 0.1) is 22.9 Å². The summed E-state index contributed by atoms with van der Waals surface area (Å²) in [4.78, 5) is 13.8. The van der Waals surface area contributed by atoms with Crippen molar-refractivity contribution in [3.05, 3.63) is 58.2 Å². The molecule has 0 bridgehead atoms. The van der Waals surface area contributed by atoms with E-state index in [9.17, 15) is 14.5 Å². The molecule has 0 spiro atoms. The topological polar surface area (TPSA) is 56.0 Å². The Bertz CT molecular complexity index is 584. The van der Waals surface area contributed by atoms with Gasteiger partial charge in [-0.2, -0.15) is 4.39 Å². The minimum Gasteiger partial charge on any atom is -0.261 e. The second-order valence-corrected chi connectivity index (χ2v) is 3.56. The maximum atomic E-state index is 13.5. The molecular weight excluding hydrogens is 223 g/mol. The van der Waals surface area contributed by atoms with Crippen molar-refractivity contribution in [3.8, 4) is 11.1 Å². The van der Waals surface area contributed by atoms with Crippen molar-refractivity contribution >= 4 is 5.69 Å². The lowest BCUT2D eigenvalue weighted by Crippen LogP contribution is -1.93. The SMILES string of the molecule is Cc1ncccc1-c1ccc([N+](=O)[O-])c(F)c1. The molecule has 0 aliphatic carbocycles. The van der Waals surface area contributed by atoms with E-state index in [1.54, 1.807) is 25.3 Å². The van der Waals surface area contributed by atoms with Gasteiger partial charge in [-0.1, -0.05) is 6.07 Å². The van der Waals surface area contributed by atoms with Crippen LogP contribution in [0.25, 0.3) is 11.1 Å². The van der Waals surface area contributed by atoms with Crippen molar-refractivity contribution in [2.75, 3.05) is 0 Å². The van der Waals surface area contributed by atoms with Crippen LogP contribution in [0.5, 0.6) is 0 Å². The average Bonchev–Trinajstić information content (AvgIpc) is 2.29. The van der Waals surface area contributed by atoms with E-state index in [0.29, 0.717) is 5.56 Å². The van der Waals surface area contributed by atoms with Crippen molar-refractivity contribution in [2.24, 2.45) is 0 Å². The van der Waals surface area contributed by atoms with E-state index >= 15 is 0 Å². The molecule has 0 saturated heterocycles. The van der Waals surface area contributed by atoms with Gasteiger partial charge in [0.1, 0.15) is 0 Å². The second kappa shape index (κ2) is 4.29. The monoisotopic (exact) mass is 232 g/mol. The first-order valence-corrected chi connectivity index (χ1v) is 4.95. The number of aryl methyl sites for hydroxylation is 1. The van der Waals surface area contributed by atoms with Gasteiger partial charge in [0.05, 0.1) is 4.92 Å². The Balaban J connectivity index is 2.52. The summed E-state index contributed by atoms with van der Waals surface area (Å²) in [6.07, 6.45) is 1.64. The van der Waals surface area contributed by atoms with Gasteiger partial charge < -0.3 is 0 Å². The Morgan fingerprint density at radius 2 is 2.12 bits per heavy atom. The van der Waals surface area contributed by atoms with Crippen molar-refractivity contribution in [1.29, 1.82) is 0 Å². The number of hydrogen-bond donors (Lipinski definition) is 0. The van der Waals surface area contributed by atoms with Gasteiger partial charge >= 0.3 is 5.69 Å². The smallest absolute Gasteiger partial charge is 0.261 e. The third-order valence-electron chi connectivity index (χ3n) is 2.46. The van der Waals surface area contributed by atoms with Gasteiger partial charge in [0.2, 0.25) is 5.82 Å². The number of hydrogen-bond acceptors (Lipinski definition) is 3. The predicted octanol–water partition coefficient (Wildman–Crippen LogP) is 3.10. The largest absolute Gasteiger partial charge is 0.304 e. The number of benzene rings is 1. The lowest BCUT2D eigenvalue weighted by Gasteiger charge is -2.04. The summed E-state index contributed by atoms with van der Waals surface area (Å²) in [6.45, 7) is 1.80. The van der Waals surface area contributed by atoms with Crippen molar-refractivity contribution in [3.63, 3.8) is 0 Å². The molecule has 0 atom stereocenters. The van der Waals surface area contributed by atoms with Crippen LogP contribution in [-0.2, 0) is 0 Å². The van der Waals surface area contributed by atoms with Crippen LogP contribution in [0.3, 0.4) is 0 Å². The Kier molecular flexibility index (Phi) is 2.82. The van der Waals surface area contributed by atoms with E-state index in [1.807, 2.05) is 0 Å². The molecule has 1 aromatic heterocycles. The molecule has 0 N–H and O–H groups in total. The maximum absolute atomic E-state index is 13.5. The van der Waals surface area contributed by atoms with Crippen LogP contribution in [0.1, 0.15) is 5.69 Å². The molecule has 1 aromatic carbocycles. The third-order valence-corrected chi connectivity index (χ3v) is 2.46. The van der Waals surface area contributed by atoms with E-state index in [1.165, 1.54) is 6.07 Å². The van der Waals surface area contributed by atoms with Crippen LogP contribution in [0.2, 0.25) is 0 Å². The zero-order valence-electron chi connectivity index (χ0n) is 9.05. The fourth-order valence-corrected chi connectivity index (χ4v) is 1.61. The highest BCUT2D eigenvalue weighted by molar-refractivity contribution is 5.66. The second-order valence-electron chi connectivity index (χ2n) is 3.56. The molecule has 0 aliphatic heterocycles. The van der Waals surface area contributed by atoms with E-state index in [-0.39, 0.29) is 0 Å². The van der Waals surface area contributed by atoms with Crippen LogP contribution >= 0.6 is 0 Å². The van der Waals surface area contributed by atoms with Gasteiger partial charge in [0.25, 0.3) is 0 Å². The fourth-order valence-electron chi connectivity index (χ4n) is 1.61. The number of nitrogens with zero attached hydrogens (tertiary/aromatic N) is 2. The first kappa shape index (κ1) is 11.2. The summed E-state index contributed by atoms with van der Waals surface area (Å²) in [6, 6.07) is 7.37. The lowest BCUT2D eigenvalue weighted by molar-refractivity contribution is -0.387. The van der Waals surface area contributed by atoms with Crippen LogP contribution < -0.4 is 0 Å². The summed E-state index contributed by atoms with van der Waals surface area (Å²) in [7, 11) is 0. The summed E-state index contributed by atoms with van der Waals surface area (Å²) >= 11 is 0. The molecule has 0 fully saturated rings. The molecule has 17 heavy (non-hydrogen) atoms. The molecular formula is C12H9FN2O2. The van der Waals surface area contributed by atoms with E-state index < -0.39 is 16.4 Å². The van der Waals surface area contributed by atoms with Crippen molar-refractivity contribution in [2.45, 2.75) is 6.92 Å². The van der Waals surface area contributed by atoms with Gasteiger partial charge in [-0.25, -0.2) is 0 Å². The summed E-state index contributed by atoms with van der Waals surface area (Å²) < 4.78 is 13.5. The highest BCUT2D eigenvalue weighted by Crippen LogP contribution is 2.26. The minimum atomic E-state index is -0.837. The number of pyridine rings is 1. The Morgan fingerprint density at radius 1 is 1.35 bits per heavy atom. The molecule has 86 valence electrons. The molecule has 0 aliphatic rings. The van der Waals surface area contributed by atoms with E-state index in [2.05, 4.69) is 4.98 Å². The molecule has 2 aromatic rings. The molecule has 0 radical (unpaired) electrons. The average molecular weight is 232 g/mol. The van der Waals surface area contributed by atoms with Gasteiger partial charge in [-0.05, 0) is 30.7 Å². The maximum Gasteiger partial charge on any atom is 0.304 e. The number of rotatable bonds is 2. The number of nitro benzene ring substituents is 1. The quantitative estimate of drug-likeness (QED) is 0.590. The highest BCUT2D eigenvalue weighted by atomic mass is 19.1. The number of aromatic nitrogens is 1. The standard InChI is InChI=1S/C12H9FN2O2/c1-8-10(3-2-6-14-8)9-4-5-12(15(16)17)11(13)7-9/h2-7H,1H3. The lowest BCUT2D eigenvalue weighted by atomic mass is 10.0. The van der Waals surface area contributed by atoms with Crippen LogP contribution in [-0.4, -0.2) is 9.91 Å². The molecule has 5 heteroatoms. The molecule has 4 nitrogen and oxygen atoms in total. The first-order chi connectivity index (χ1) is 8.09. The third kappa shape index (κ3) is 2.13. The van der Waals surface area contributed by atoms with E-state index in [0.717, 1.165) is 23.4 Å². The highest BCUT2D eigenvalue weighted by Gasteiger charge is 2.14. The summed E-state index contributed by atoms with van der Waals surface area (Å²) in [5.41, 5.74) is 1.58. The van der Waals surface area contributed by atoms with Gasteiger partial charge in [-0.15, -0.1) is 0 Å². The predicted molar refractivity (Wildman–Crippen MR) is 61.0 cm³/mol. The zero-order valence-corrected chi connectivity index (χ0v) is 9.05. The normalized spacial score (nSPS) is 10.2. The van der Waals surface area contributed by atoms with Crippen molar-refractivity contribution < 1.29 is 9.31 Å². The van der Waals surface area contributed by atoms with Crippen LogP contribution in [0.4, 0.5) is 10.1 Å². The number of halogens is 1. The minimum absolute atomic E-state index is 0.518. The van der Waals surface area contributed by atoms with Gasteiger partial charge in [0.15, 0.2) is 0 Å². The first-order valence-electron chi connectivity index (χ1n) is 4.95. The van der Waals surface area contributed by atoms with Gasteiger partial charge in [0, 0.05) is 23.5 Å². The molecule has 2 rings (SSSR count).